The van der Waals surface area contributed by atoms with E-state index in [1.54, 1.807) is 24.3 Å². The Labute approximate surface area is 280 Å². The number of benzene rings is 4. The zero-order valence-electron chi connectivity index (χ0n) is 25.7. The van der Waals surface area contributed by atoms with Crippen LogP contribution in [0.25, 0.3) is 22.4 Å². The van der Waals surface area contributed by atoms with Crippen molar-refractivity contribution >= 4 is 41.0 Å². The van der Waals surface area contributed by atoms with Gasteiger partial charge >= 0.3 is 5.97 Å². The molecular formula is C38H27N3O6S. The minimum atomic E-state index is -0.820. The average Bonchev–Trinajstić information content (AvgIpc) is 3.42. The molecule has 0 aliphatic carbocycles. The van der Waals surface area contributed by atoms with E-state index in [9.17, 15) is 24.4 Å². The lowest BCUT2D eigenvalue weighted by Crippen LogP contribution is -2.31. The zero-order valence-corrected chi connectivity index (χ0v) is 26.5. The number of thioether (sulfide) groups is 1. The molecule has 1 unspecified atom stereocenters. The van der Waals surface area contributed by atoms with Crippen molar-refractivity contribution in [2.24, 2.45) is 0 Å². The van der Waals surface area contributed by atoms with E-state index in [0.717, 1.165) is 27.8 Å². The highest BCUT2D eigenvalue weighted by molar-refractivity contribution is 8.00. The van der Waals surface area contributed by atoms with E-state index in [-0.39, 0.29) is 17.7 Å². The number of ether oxygens (including phenoxy) is 2. The minimum Gasteiger partial charge on any atom is -0.497 e. The largest absolute Gasteiger partial charge is 0.497 e. The zero-order chi connectivity index (χ0) is 33.6. The average molecular weight is 654 g/mol. The second-order valence-electron chi connectivity index (χ2n) is 10.7. The van der Waals surface area contributed by atoms with Crippen molar-refractivity contribution in [1.29, 1.82) is 5.26 Å². The molecule has 0 N–H and O–H groups in total. The summed E-state index contributed by atoms with van der Waals surface area (Å²) in [6, 6.07) is 35.5. The Balaban J connectivity index is 1.19. The molecule has 4 aromatic carbocycles. The summed E-state index contributed by atoms with van der Waals surface area (Å²) >= 11 is 1.09. The molecule has 1 aromatic heterocycles. The number of esters is 1. The fourth-order valence-electron chi connectivity index (χ4n) is 5.26. The number of hydrogen-bond donors (Lipinski definition) is 0. The number of methoxy groups -OCH3 is 1. The molecule has 48 heavy (non-hydrogen) atoms. The highest BCUT2D eigenvalue weighted by Gasteiger charge is 2.41. The van der Waals surface area contributed by atoms with Crippen LogP contribution in [-0.4, -0.2) is 47.5 Å². The third-order valence-corrected chi connectivity index (χ3v) is 8.87. The van der Waals surface area contributed by atoms with E-state index < -0.39 is 35.4 Å². The van der Waals surface area contributed by atoms with E-state index in [1.165, 1.54) is 31.4 Å². The standard InChI is InChI=1S/C38H27N3O6S/c1-46-29-14-8-13-27(19-29)33(42)23-47-38(45)26-15-17-28(18-16-26)41-35(43)21-34(37(41)44)48-36-31(22-39)30(24-9-4-2-5-10-24)20-32(40-36)25-11-6-3-7-12-25/h2-20,34H,21,23H2,1H3. The first kappa shape index (κ1) is 31.9. The van der Waals surface area contributed by atoms with Gasteiger partial charge in [-0.2, -0.15) is 5.26 Å². The van der Waals surface area contributed by atoms with Crippen molar-refractivity contribution in [2.45, 2.75) is 16.7 Å². The summed E-state index contributed by atoms with van der Waals surface area (Å²) in [5, 5.41) is 9.77. The van der Waals surface area contributed by atoms with Crippen LogP contribution in [0.1, 0.15) is 32.7 Å². The molecule has 5 aromatic rings. The maximum atomic E-state index is 13.6. The molecule has 1 aliphatic heterocycles. The van der Waals surface area contributed by atoms with Crippen LogP contribution >= 0.6 is 11.8 Å². The molecule has 1 atom stereocenters. The first-order chi connectivity index (χ1) is 23.4. The van der Waals surface area contributed by atoms with Crippen molar-refractivity contribution in [2.75, 3.05) is 18.6 Å². The molecular weight excluding hydrogens is 627 g/mol. The Morgan fingerprint density at radius 3 is 2.23 bits per heavy atom. The number of carbonyl (C=O) groups is 4. The molecule has 0 saturated carbocycles. The van der Waals surface area contributed by atoms with E-state index in [4.69, 9.17) is 14.5 Å². The highest BCUT2D eigenvalue weighted by atomic mass is 32.2. The molecule has 10 heteroatoms. The van der Waals surface area contributed by atoms with Gasteiger partial charge in [-0.1, -0.05) is 84.6 Å². The van der Waals surface area contributed by atoms with Gasteiger partial charge in [-0.25, -0.2) is 14.7 Å². The van der Waals surface area contributed by atoms with Crippen LogP contribution in [0.4, 0.5) is 5.69 Å². The third kappa shape index (κ3) is 6.72. The van der Waals surface area contributed by atoms with Crippen molar-refractivity contribution in [3.63, 3.8) is 0 Å². The SMILES string of the molecule is COc1cccc(C(=O)COC(=O)c2ccc(N3C(=O)CC(Sc4nc(-c5ccccc5)cc(-c5ccccc5)c4C#N)C3=O)cc2)c1. The van der Waals surface area contributed by atoms with E-state index in [0.29, 0.717) is 33.2 Å². The second kappa shape index (κ2) is 14.2. The Kier molecular flexibility index (Phi) is 9.41. The molecule has 9 nitrogen and oxygen atoms in total. The Morgan fingerprint density at radius 2 is 1.56 bits per heavy atom. The summed E-state index contributed by atoms with van der Waals surface area (Å²) in [7, 11) is 1.49. The molecule has 1 aliphatic rings. The van der Waals surface area contributed by atoms with Crippen molar-refractivity contribution in [3.05, 3.63) is 132 Å². The fourth-order valence-corrected chi connectivity index (χ4v) is 6.39. The summed E-state index contributed by atoms with van der Waals surface area (Å²) in [6.07, 6.45) is -0.0948. The number of hydrogen-bond acceptors (Lipinski definition) is 9. The van der Waals surface area contributed by atoms with Gasteiger partial charge in [-0.15, -0.1) is 0 Å². The van der Waals surface area contributed by atoms with Gasteiger partial charge in [0, 0.05) is 23.1 Å². The predicted molar refractivity (Wildman–Crippen MR) is 181 cm³/mol. The van der Waals surface area contributed by atoms with E-state index in [2.05, 4.69) is 6.07 Å². The molecule has 0 radical (unpaired) electrons. The number of nitriles is 1. The van der Waals surface area contributed by atoms with Gasteiger partial charge < -0.3 is 9.47 Å². The first-order valence-corrected chi connectivity index (χ1v) is 15.8. The molecule has 1 saturated heterocycles. The van der Waals surface area contributed by atoms with Crippen LogP contribution < -0.4 is 9.64 Å². The van der Waals surface area contributed by atoms with Crippen LogP contribution in [0.15, 0.2) is 120 Å². The van der Waals surface area contributed by atoms with Gasteiger partial charge in [0.25, 0.3) is 0 Å². The maximum absolute atomic E-state index is 13.6. The van der Waals surface area contributed by atoms with Gasteiger partial charge in [0.2, 0.25) is 11.8 Å². The quantitative estimate of drug-likeness (QED) is 0.0913. The number of Topliss-reactive ketones (excluding diaryl/α,β-unsaturated/α-hetero) is 1. The van der Waals surface area contributed by atoms with Crippen LogP contribution in [0.2, 0.25) is 0 Å². The van der Waals surface area contributed by atoms with Crippen LogP contribution in [-0.2, 0) is 14.3 Å². The monoisotopic (exact) mass is 653 g/mol. The van der Waals surface area contributed by atoms with Gasteiger partial charge in [0.15, 0.2) is 12.4 Å². The van der Waals surface area contributed by atoms with Crippen molar-refractivity contribution in [1.82, 2.24) is 4.98 Å². The Morgan fingerprint density at radius 1 is 0.875 bits per heavy atom. The number of rotatable bonds is 10. The highest BCUT2D eigenvalue weighted by Crippen LogP contribution is 2.39. The summed E-state index contributed by atoms with van der Waals surface area (Å²) in [4.78, 5) is 57.8. The number of nitrogens with zero attached hydrogens (tertiary/aromatic N) is 3. The first-order valence-electron chi connectivity index (χ1n) is 14.9. The predicted octanol–water partition coefficient (Wildman–Crippen LogP) is 6.76. The number of amides is 2. The third-order valence-electron chi connectivity index (χ3n) is 7.70. The summed E-state index contributed by atoms with van der Waals surface area (Å²) < 4.78 is 10.3. The normalized spacial score (nSPS) is 14.0. The lowest BCUT2D eigenvalue weighted by Gasteiger charge is -2.16. The number of anilines is 1. The van der Waals surface area contributed by atoms with E-state index >= 15 is 0 Å². The second-order valence-corrected chi connectivity index (χ2v) is 11.9. The van der Waals surface area contributed by atoms with Crippen molar-refractivity contribution in [3.8, 4) is 34.2 Å². The smallest absolute Gasteiger partial charge is 0.338 e. The molecule has 2 amide bonds. The minimum absolute atomic E-state index is 0.0948. The molecule has 236 valence electrons. The Bertz CT molecular complexity index is 2060. The molecule has 0 bridgehead atoms. The number of aromatic nitrogens is 1. The van der Waals surface area contributed by atoms with Gasteiger partial charge in [-0.3, -0.25) is 14.4 Å². The van der Waals surface area contributed by atoms with Gasteiger partial charge in [-0.05, 0) is 48.0 Å². The Hall–Kier alpha value is -6.05. The van der Waals surface area contributed by atoms with E-state index in [1.807, 2.05) is 66.7 Å². The summed E-state index contributed by atoms with van der Waals surface area (Å²) in [5.41, 5.74) is 4.08. The fraction of sp³-hybridized carbons (Fsp3) is 0.105. The number of ketones is 1. The van der Waals surface area contributed by atoms with Crippen LogP contribution in [0, 0.1) is 11.3 Å². The van der Waals surface area contributed by atoms with Crippen LogP contribution in [0.5, 0.6) is 5.75 Å². The van der Waals surface area contributed by atoms with Gasteiger partial charge in [0.1, 0.15) is 16.8 Å². The number of pyridine rings is 1. The van der Waals surface area contributed by atoms with Gasteiger partial charge in [0.05, 0.1) is 34.9 Å². The lowest BCUT2D eigenvalue weighted by atomic mass is 9.99. The molecule has 2 heterocycles. The topological polar surface area (TPSA) is 127 Å². The molecule has 0 spiro atoms. The summed E-state index contributed by atoms with van der Waals surface area (Å²) in [5.74, 6) is -1.49. The molecule has 6 rings (SSSR count). The lowest BCUT2D eigenvalue weighted by molar-refractivity contribution is -0.121. The molecule has 1 fully saturated rings. The van der Waals surface area contributed by atoms with Crippen LogP contribution in [0.3, 0.4) is 0 Å². The number of carbonyl (C=O) groups excluding carboxylic acids is 4. The number of imide groups is 1. The van der Waals surface area contributed by atoms with Crippen molar-refractivity contribution < 1.29 is 28.7 Å². The summed E-state index contributed by atoms with van der Waals surface area (Å²) in [6.45, 7) is -0.466. The maximum Gasteiger partial charge on any atom is 0.338 e.